The van der Waals surface area contributed by atoms with Gasteiger partial charge >= 0.3 is 0 Å². The van der Waals surface area contributed by atoms with Crippen LogP contribution in [-0.2, 0) is 6.54 Å². The zero-order valence-electron chi connectivity index (χ0n) is 17.8. The Morgan fingerprint density at radius 2 is 1.87 bits per heavy atom. The van der Waals surface area contributed by atoms with Gasteiger partial charge in [0.1, 0.15) is 17.1 Å². The molecule has 1 amide bonds. The Morgan fingerprint density at radius 1 is 1.16 bits per heavy atom. The lowest BCUT2D eigenvalue weighted by atomic mass is 10.0. The van der Waals surface area contributed by atoms with Crippen LogP contribution in [0.3, 0.4) is 0 Å². The number of ether oxygens (including phenoxy) is 1. The van der Waals surface area contributed by atoms with E-state index >= 15 is 0 Å². The molecule has 0 atom stereocenters. The molecule has 1 N–H and O–H groups in total. The molecule has 7 heteroatoms. The number of aryl methyl sites for hydroxylation is 1. The van der Waals surface area contributed by atoms with Gasteiger partial charge in [-0.05, 0) is 32.9 Å². The third-order valence-corrected chi connectivity index (χ3v) is 5.13. The van der Waals surface area contributed by atoms with E-state index in [2.05, 4.69) is 5.32 Å². The topological polar surface area (TPSA) is 56.4 Å². The summed E-state index contributed by atoms with van der Waals surface area (Å²) >= 11 is 0. The van der Waals surface area contributed by atoms with Crippen molar-refractivity contribution < 1.29 is 22.7 Å². The average molecular weight is 426 g/mol. The molecule has 2 heterocycles. The Balaban J connectivity index is 2.07. The first-order valence-corrected chi connectivity index (χ1v) is 10.1. The predicted molar refractivity (Wildman–Crippen MR) is 117 cm³/mol. The lowest BCUT2D eigenvalue weighted by Gasteiger charge is -2.14. The smallest absolute Gasteiger partial charge is 0.256 e. The summed E-state index contributed by atoms with van der Waals surface area (Å²) in [6, 6.07) is 11.1. The number of rotatable bonds is 6. The van der Waals surface area contributed by atoms with E-state index < -0.39 is 13.0 Å². The van der Waals surface area contributed by atoms with Gasteiger partial charge in [-0.15, -0.1) is 0 Å². The van der Waals surface area contributed by atoms with Crippen LogP contribution >= 0.6 is 0 Å². The monoisotopic (exact) mass is 426 g/mol. The molecule has 0 fully saturated rings. The highest BCUT2D eigenvalue weighted by molar-refractivity contribution is 6.17. The van der Waals surface area contributed by atoms with Gasteiger partial charge in [-0.2, -0.15) is 0 Å². The van der Waals surface area contributed by atoms with Crippen molar-refractivity contribution >= 4 is 27.8 Å². The summed E-state index contributed by atoms with van der Waals surface area (Å²) in [6.45, 7) is 5.25. The van der Waals surface area contributed by atoms with Crippen molar-refractivity contribution in [1.29, 1.82) is 0 Å². The lowest BCUT2D eigenvalue weighted by molar-refractivity contribution is 0.0964. The molecule has 0 aliphatic rings. The molecule has 2 aromatic carbocycles. The molecule has 0 radical (unpaired) electrons. The number of nitrogens with zero attached hydrogens (tertiary/aromatic N) is 1. The molecule has 0 spiro atoms. The van der Waals surface area contributed by atoms with Crippen molar-refractivity contribution in [3.05, 3.63) is 53.7 Å². The summed E-state index contributed by atoms with van der Waals surface area (Å²) in [6.07, 6.45) is -1.10. The highest BCUT2D eigenvalue weighted by Gasteiger charge is 2.26. The summed E-state index contributed by atoms with van der Waals surface area (Å²) < 4.78 is 40.0. The number of alkyl halides is 2. The average Bonchev–Trinajstić information content (AvgIpc) is 3.29. The molecule has 162 valence electrons. The number of carbonyl (C=O) groups excluding carboxylic acids is 1. The van der Waals surface area contributed by atoms with E-state index in [9.17, 15) is 13.6 Å². The van der Waals surface area contributed by atoms with Crippen LogP contribution < -0.4 is 10.1 Å². The molecule has 5 nitrogen and oxygen atoms in total. The Hall–Kier alpha value is -3.35. The van der Waals surface area contributed by atoms with Gasteiger partial charge in [-0.25, -0.2) is 8.78 Å². The van der Waals surface area contributed by atoms with Gasteiger partial charge in [0, 0.05) is 29.6 Å². The summed E-state index contributed by atoms with van der Waals surface area (Å²) in [5.41, 5.74) is 3.22. The minimum absolute atomic E-state index is 0.178. The summed E-state index contributed by atoms with van der Waals surface area (Å²) in [5.74, 6) is 0.569. The maximum absolute atomic E-state index is 13.2. The molecular weight excluding hydrogens is 402 g/mol. The number of carbonyl (C=O) groups is 1. The first-order valence-electron chi connectivity index (χ1n) is 10.1. The van der Waals surface area contributed by atoms with Gasteiger partial charge in [-0.1, -0.05) is 29.8 Å². The van der Waals surface area contributed by atoms with Crippen LogP contribution in [0.4, 0.5) is 8.78 Å². The van der Waals surface area contributed by atoms with E-state index in [0.29, 0.717) is 38.9 Å². The third-order valence-electron chi connectivity index (χ3n) is 5.13. The SMILES string of the molecule is CNC(=O)c1c(-c2ccc(C)cc2)oc2c1cc(OC(C)C)c1c2ccn1CC(F)F. The Kier molecular flexibility index (Phi) is 5.43. The molecule has 4 aromatic rings. The van der Waals surface area contributed by atoms with Crippen LogP contribution in [0.15, 0.2) is 47.0 Å². The van der Waals surface area contributed by atoms with Crippen molar-refractivity contribution in [2.75, 3.05) is 7.05 Å². The lowest BCUT2D eigenvalue weighted by Crippen LogP contribution is -2.18. The number of halogens is 2. The minimum Gasteiger partial charge on any atom is -0.489 e. The fraction of sp³-hybridized carbons (Fsp3) is 0.292. The first kappa shape index (κ1) is 20.9. The van der Waals surface area contributed by atoms with Gasteiger partial charge in [0.25, 0.3) is 12.3 Å². The number of furan rings is 1. The van der Waals surface area contributed by atoms with Crippen LogP contribution in [0.1, 0.15) is 29.8 Å². The molecule has 0 saturated heterocycles. The van der Waals surface area contributed by atoms with Crippen molar-refractivity contribution in [1.82, 2.24) is 9.88 Å². The van der Waals surface area contributed by atoms with Crippen LogP contribution in [-0.4, -0.2) is 30.1 Å². The van der Waals surface area contributed by atoms with Crippen LogP contribution in [0.2, 0.25) is 0 Å². The summed E-state index contributed by atoms with van der Waals surface area (Å²) in [4.78, 5) is 12.9. The van der Waals surface area contributed by atoms with E-state index in [1.165, 1.54) is 4.57 Å². The zero-order valence-corrected chi connectivity index (χ0v) is 17.8. The molecule has 31 heavy (non-hydrogen) atoms. The molecule has 4 rings (SSSR count). The number of hydrogen-bond donors (Lipinski definition) is 1. The van der Waals surface area contributed by atoms with E-state index in [1.807, 2.05) is 45.0 Å². The normalized spacial score (nSPS) is 11.7. The minimum atomic E-state index is -2.51. The quantitative estimate of drug-likeness (QED) is 0.426. The standard InChI is InChI=1S/C24H24F2N2O3/c1-13(2)30-18-11-17-20(24(29)27-4)22(15-7-5-14(3)6-8-15)31-23(17)16-9-10-28(21(16)18)12-19(25)26/h5-11,13,19H,12H2,1-4H3,(H,27,29). The highest BCUT2D eigenvalue weighted by atomic mass is 19.3. The Morgan fingerprint density at radius 3 is 2.48 bits per heavy atom. The van der Waals surface area contributed by atoms with Crippen LogP contribution in [0.5, 0.6) is 5.75 Å². The van der Waals surface area contributed by atoms with Crippen molar-refractivity contribution in [3.63, 3.8) is 0 Å². The predicted octanol–water partition coefficient (Wildman–Crippen LogP) is 5.77. The Bertz CT molecular complexity index is 1250. The maximum Gasteiger partial charge on any atom is 0.256 e. The zero-order chi connectivity index (χ0) is 22.3. The second-order valence-corrected chi connectivity index (χ2v) is 7.79. The fourth-order valence-corrected chi connectivity index (χ4v) is 3.81. The largest absolute Gasteiger partial charge is 0.489 e. The maximum atomic E-state index is 13.2. The van der Waals surface area contributed by atoms with Gasteiger partial charge in [0.05, 0.1) is 23.7 Å². The molecule has 0 saturated carbocycles. The van der Waals surface area contributed by atoms with Crippen molar-refractivity contribution in [2.24, 2.45) is 0 Å². The first-order chi connectivity index (χ1) is 14.8. The summed E-state index contributed by atoms with van der Waals surface area (Å²) in [5, 5.41) is 3.88. The Labute approximate surface area is 178 Å². The molecule has 0 unspecified atom stereocenters. The van der Waals surface area contributed by atoms with E-state index in [0.717, 1.165) is 11.1 Å². The number of nitrogens with one attached hydrogen (secondary N) is 1. The van der Waals surface area contributed by atoms with Gasteiger partial charge < -0.3 is 19.0 Å². The molecule has 0 bridgehead atoms. The highest BCUT2D eigenvalue weighted by Crippen LogP contribution is 2.42. The number of hydrogen-bond acceptors (Lipinski definition) is 3. The van der Waals surface area contributed by atoms with Crippen molar-refractivity contribution in [2.45, 2.75) is 39.8 Å². The third kappa shape index (κ3) is 3.76. The molecule has 2 aromatic heterocycles. The van der Waals surface area contributed by atoms with E-state index in [-0.39, 0.29) is 12.0 Å². The van der Waals surface area contributed by atoms with Gasteiger partial charge in [0.2, 0.25) is 0 Å². The van der Waals surface area contributed by atoms with E-state index in [1.54, 1.807) is 25.4 Å². The number of benzene rings is 2. The van der Waals surface area contributed by atoms with E-state index in [4.69, 9.17) is 9.15 Å². The number of amides is 1. The van der Waals surface area contributed by atoms with Gasteiger partial charge in [-0.3, -0.25) is 4.79 Å². The second-order valence-electron chi connectivity index (χ2n) is 7.79. The molecule has 0 aliphatic heterocycles. The molecule has 0 aliphatic carbocycles. The number of fused-ring (bicyclic) bond motifs is 3. The van der Waals surface area contributed by atoms with Crippen molar-refractivity contribution in [3.8, 4) is 17.1 Å². The van der Waals surface area contributed by atoms with Crippen LogP contribution in [0, 0.1) is 6.92 Å². The van der Waals surface area contributed by atoms with Gasteiger partial charge in [0.15, 0.2) is 0 Å². The molecular formula is C24H24F2N2O3. The summed E-state index contributed by atoms with van der Waals surface area (Å²) in [7, 11) is 1.56. The van der Waals surface area contributed by atoms with Crippen LogP contribution in [0.25, 0.3) is 33.2 Å². The fourth-order valence-electron chi connectivity index (χ4n) is 3.81. The second kappa shape index (κ2) is 8.06. The number of aromatic nitrogens is 1.